The van der Waals surface area contributed by atoms with Gasteiger partial charge in [-0.1, -0.05) is 36.4 Å². The molecule has 0 amide bonds. The lowest BCUT2D eigenvalue weighted by molar-refractivity contribution is 0.104. The maximum Gasteiger partial charge on any atom is 0.211 e. The predicted octanol–water partition coefficient (Wildman–Crippen LogP) is 4.43. The van der Waals surface area contributed by atoms with Crippen molar-refractivity contribution in [2.24, 2.45) is 0 Å². The highest BCUT2D eigenvalue weighted by molar-refractivity contribution is 6.21. The van der Waals surface area contributed by atoms with Gasteiger partial charge in [-0.2, -0.15) is 0 Å². The van der Waals surface area contributed by atoms with E-state index in [0.717, 1.165) is 28.0 Å². The van der Waals surface area contributed by atoms with Gasteiger partial charge in [-0.05, 0) is 42.7 Å². The number of fused-ring (bicyclic) bond motifs is 1. The lowest BCUT2D eigenvalue weighted by atomic mass is 9.95. The quantitative estimate of drug-likeness (QED) is 0.851. The molecule has 0 aromatic heterocycles. The number of methoxy groups -OCH3 is 1. The van der Waals surface area contributed by atoms with E-state index in [-0.39, 0.29) is 11.9 Å². The Morgan fingerprint density at radius 1 is 1.09 bits per heavy atom. The van der Waals surface area contributed by atoms with Gasteiger partial charge in [0.2, 0.25) is 5.78 Å². The number of carbonyl (C=O) groups excluding carboxylic acids is 1. The van der Waals surface area contributed by atoms with Crippen LogP contribution < -0.4 is 5.32 Å². The molecule has 0 spiro atoms. The Morgan fingerprint density at radius 3 is 2.50 bits per heavy atom. The van der Waals surface area contributed by atoms with E-state index in [1.165, 1.54) is 0 Å². The zero-order valence-electron chi connectivity index (χ0n) is 13.0. The molecule has 2 aromatic carbocycles. The largest absolute Gasteiger partial charge is 0.377 e. The van der Waals surface area contributed by atoms with Crippen LogP contribution in [0.2, 0.25) is 0 Å². The fourth-order valence-corrected chi connectivity index (χ4v) is 2.83. The number of carbonyl (C=O) groups is 1. The number of ketones is 1. The summed E-state index contributed by atoms with van der Waals surface area (Å²) in [6.07, 6.45) is -0.0226. The molecular weight excluding hydrogens is 274 g/mol. The van der Waals surface area contributed by atoms with Crippen LogP contribution in [0.5, 0.6) is 0 Å². The minimum absolute atomic E-state index is 0.0226. The van der Waals surface area contributed by atoms with E-state index in [2.05, 4.69) is 5.32 Å². The highest BCUT2D eigenvalue weighted by atomic mass is 16.5. The van der Waals surface area contributed by atoms with E-state index < -0.39 is 0 Å². The van der Waals surface area contributed by atoms with Crippen LogP contribution in [0.3, 0.4) is 0 Å². The molecule has 1 aliphatic heterocycles. The summed E-state index contributed by atoms with van der Waals surface area (Å²) < 4.78 is 5.45. The van der Waals surface area contributed by atoms with Gasteiger partial charge in [-0.25, -0.2) is 0 Å². The number of ether oxygens (including phenoxy) is 1. The van der Waals surface area contributed by atoms with Crippen LogP contribution in [0.1, 0.15) is 41.4 Å². The van der Waals surface area contributed by atoms with Crippen LogP contribution in [-0.2, 0) is 4.74 Å². The second-order valence-electron chi connectivity index (χ2n) is 5.46. The molecule has 0 saturated carbocycles. The first-order valence-electron chi connectivity index (χ1n) is 7.37. The molecule has 112 valence electrons. The first-order valence-corrected chi connectivity index (χ1v) is 7.37. The number of allylic oxidation sites excluding steroid dienone is 2. The Bertz CT molecular complexity index is 762. The molecule has 0 bridgehead atoms. The smallest absolute Gasteiger partial charge is 0.211 e. The lowest BCUT2D eigenvalue weighted by Gasteiger charge is -2.16. The number of Topliss-reactive ketones (excluding diaryl/α,β-unsaturated/α-hetero) is 1. The average molecular weight is 293 g/mol. The molecule has 3 heteroatoms. The van der Waals surface area contributed by atoms with Gasteiger partial charge in [-0.15, -0.1) is 0 Å². The van der Waals surface area contributed by atoms with E-state index >= 15 is 0 Å². The maximum absolute atomic E-state index is 12.6. The minimum atomic E-state index is -0.0226. The molecule has 1 aliphatic rings. The third-order valence-corrected chi connectivity index (χ3v) is 4.19. The van der Waals surface area contributed by atoms with Gasteiger partial charge in [0.1, 0.15) is 0 Å². The molecule has 1 heterocycles. The highest BCUT2D eigenvalue weighted by Gasteiger charge is 2.27. The van der Waals surface area contributed by atoms with Crippen molar-refractivity contribution in [1.82, 2.24) is 0 Å². The highest BCUT2D eigenvalue weighted by Crippen LogP contribution is 2.34. The van der Waals surface area contributed by atoms with Gasteiger partial charge in [0.05, 0.1) is 11.8 Å². The Hall–Kier alpha value is -2.39. The fourth-order valence-electron chi connectivity index (χ4n) is 2.83. The van der Waals surface area contributed by atoms with Gasteiger partial charge in [0.15, 0.2) is 0 Å². The van der Waals surface area contributed by atoms with Gasteiger partial charge in [0, 0.05) is 18.4 Å². The van der Waals surface area contributed by atoms with Gasteiger partial charge in [0.25, 0.3) is 0 Å². The summed E-state index contributed by atoms with van der Waals surface area (Å²) in [7, 11) is 1.69. The van der Waals surface area contributed by atoms with E-state index in [1.54, 1.807) is 7.11 Å². The summed E-state index contributed by atoms with van der Waals surface area (Å²) >= 11 is 0. The van der Waals surface area contributed by atoms with Crippen LogP contribution in [0.15, 0.2) is 54.2 Å². The monoisotopic (exact) mass is 293 g/mol. The maximum atomic E-state index is 12.6. The van der Waals surface area contributed by atoms with Gasteiger partial charge in [-0.3, -0.25) is 4.79 Å². The van der Waals surface area contributed by atoms with E-state index in [0.29, 0.717) is 5.70 Å². The number of rotatable bonds is 3. The molecule has 1 unspecified atom stereocenters. The van der Waals surface area contributed by atoms with Crippen molar-refractivity contribution in [2.45, 2.75) is 20.0 Å². The Labute approximate surface area is 130 Å². The van der Waals surface area contributed by atoms with Crippen LogP contribution >= 0.6 is 0 Å². The SMILES string of the molecule is COC(C)c1ccccc1C(C)=C1Nc2ccccc2C1=O. The molecule has 1 N–H and O–H groups in total. The molecule has 0 saturated heterocycles. The molecule has 1 atom stereocenters. The number of hydrogen-bond acceptors (Lipinski definition) is 3. The lowest BCUT2D eigenvalue weighted by Crippen LogP contribution is -2.06. The first kappa shape index (κ1) is 14.5. The average Bonchev–Trinajstić information content (AvgIpc) is 2.91. The topological polar surface area (TPSA) is 38.3 Å². The predicted molar refractivity (Wildman–Crippen MR) is 88.9 cm³/mol. The number of nitrogens with one attached hydrogen (secondary N) is 1. The second kappa shape index (κ2) is 5.78. The van der Waals surface area contributed by atoms with Gasteiger partial charge < -0.3 is 10.1 Å². The summed E-state index contributed by atoms with van der Waals surface area (Å²) in [5.74, 6) is 0.0490. The standard InChI is InChI=1S/C19H19NO2/c1-12(14-8-4-5-9-15(14)13(2)22-3)18-19(21)16-10-6-7-11-17(16)20-18/h4-11,13,20H,1-3H3. The zero-order valence-corrected chi connectivity index (χ0v) is 13.0. The summed E-state index contributed by atoms with van der Waals surface area (Å²) in [6.45, 7) is 3.99. The van der Waals surface area contributed by atoms with Crippen LogP contribution in [0.4, 0.5) is 5.69 Å². The van der Waals surface area contributed by atoms with Crippen molar-refractivity contribution >= 4 is 17.0 Å². The van der Waals surface area contributed by atoms with E-state index in [4.69, 9.17) is 4.74 Å². The normalized spacial score (nSPS) is 17.0. The minimum Gasteiger partial charge on any atom is -0.377 e. The van der Waals surface area contributed by atoms with Gasteiger partial charge >= 0.3 is 0 Å². The summed E-state index contributed by atoms with van der Waals surface area (Å²) in [5, 5.41) is 3.26. The molecule has 2 aromatic rings. The van der Waals surface area contributed by atoms with Crippen molar-refractivity contribution in [3.05, 3.63) is 70.9 Å². The fraction of sp³-hybridized carbons (Fsp3) is 0.211. The summed E-state index contributed by atoms with van der Waals surface area (Å²) in [5.41, 5.74) is 5.33. The van der Waals surface area contributed by atoms with Crippen molar-refractivity contribution in [3.8, 4) is 0 Å². The zero-order chi connectivity index (χ0) is 15.7. The molecule has 3 nitrogen and oxygen atoms in total. The Balaban J connectivity index is 2.09. The van der Waals surface area contributed by atoms with Crippen LogP contribution in [0, 0.1) is 0 Å². The number of hydrogen-bond donors (Lipinski definition) is 1. The van der Waals surface area contributed by atoms with Crippen molar-refractivity contribution in [3.63, 3.8) is 0 Å². The molecule has 0 aliphatic carbocycles. The number of anilines is 1. The van der Waals surface area contributed by atoms with Crippen molar-refractivity contribution in [1.29, 1.82) is 0 Å². The second-order valence-corrected chi connectivity index (χ2v) is 5.46. The Morgan fingerprint density at radius 2 is 1.77 bits per heavy atom. The van der Waals surface area contributed by atoms with E-state index in [1.807, 2.05) is 62.4 Å². The number of benzene rings is 2. The summed E-state index contributed by atoms with van der Waals surface area (Å²) in [6, 6.07) is 15.6. The van der Waals surface area contributed by atoms with Crippen LogP contribution in [-0.4, -0.2) is 12.9 Å². The molecular formula is C19H19NO2. The summed E-state index contributed by atoms with van der Waals surface area (Å²) in [4.78, 5) is 12.6. The van der Waals surface area contributed by atoms with E-state index in [9.17, 15) is 4.79 Å². The first-order chi connectivity index (χ1) is 10.6. The third kappa shape index (κ3) is 2.34. The third-order valence-electron chi connectivity index (χ3n) is 4.19. The molecule has 3 rings (SSSR count). The molecule has 22 heavy (non-hydrogen) atoms. The molecule has 0 fully saturated rings. The molecule has 0 radical (unpaired) electrons. The number of para-hydroxylation sites is 1. The van der Waals surface area contributed by atoms with Crippen molar-refractivity contribution < 1.29 is 9.53 Å². The Kier molecular flexibility index (Phi) is 3.82. The van der Waals surface area contributed by atoms with Crippen molar-refractivity contribution in [2.75, 3.05) is 12.4 Å². The van der Waals surface area contributed by atoms with Crippen LogP contribution in [0.25, 0.3) is 5.57 Å².